The Kier molecular flexibility index (Phi) is 6.40. The summed E-state index contributed by atoms with van der Waals surface area (Å²) in [4.78, 5) is 4.49. The number of guanidine groups is 1. The monoisotopic (exact) mass is 316 g/mol. The van der Waals surface area contributed by atoms with E-state index >= 15 is 0 Å². The average Bonchev–Trinajstić information content (AvgIpc) is 2.53. The van der Waals surface area contributed by atoms with Gasteiger partial charge in [-0.05, 0) is 37.8 Å². The number of nitrogens with one attached hydrogen (secondary N) is 2. The van der Waals surface area contributed by atoms with Gasteiger partial charge in [-0.3, -0.25) is 0 Å². The molecular formula is C18H25FN4. The summed E-state index contributed by atoms with van der Waals surface area (Å²) in [6.45, 7) is 5.33. The molecule has 2 atom stereocenters. The Morgan fingerprint density at radius 2 is 2.26 bits per heavy atom. The van der Waals surface area contributed by atoms with Gasteiger partial charge in [-0.25, -0.2) is 9.38 Å². The molecule has 0 spiro atoms. The number of benzene rings is 1. The van der Waals surface area contributed by atoms with Crippen LogP contribution in [-0.4, -0.2) is 18.5 Å². The van der Waals surface area contributed by atoms with Gasteiger partial charge in [0.15, 0.2) is 5.96 Å². The number of rotatable bonds is 4. The van der Waals surface area contributed by atoms with Crippen molar-refractivity contribution >= 4 is 5.96 Å². The number of hydrogen-bond acceptors (Lipinski definition) is 2. The lowest BCUT2D eigenvalue weighted by Crippen LogP contribution is -2.45. The Morgan fingerprint density at radius 1 is 1.43 bits per heavy atom. The van der Waals surface area contributed by atoms with E-state index in [4.69, 9.17) is 5.26 Å². The summed E-state index contributed by atoms with van der Waals surface area (Å²) in [5.41, 5.74) is 0.828. The van der Waals surface area contributed by atoms with Crippen molar-refractivity contribution in [2.24, 2.45) is 10.9 Å². The van der Waals surface area contributed by atoms with E-state index in [1.807, 2.05) is 13.0 Å². The third-order valence-electron chi connectivity index (χ3n) is 4.21. The number of nitrogens with zero attached hydrogens (tertiary/aromatic N) is 2. The van der Waals surface area contributed by atoms with Gasteiger partial charge in [0, 0.05) is 18.2 Å². The molecule has 124 valence electrons. The zero-order valence-corrected chi connectivity index (χ0v) is 13.9. The lowest BCUT2D eigenvalue weighted by Gasteiger charge is -2.28. The highest BCUT2D eigenvalue weighted by Crippen LogP contribution is 2.23. The molecule has 0 saturated heterocycles. The van der Waals surface area contributed by atoms with E-state index in [1.54, 1.807) is 12.1 Å². The van der Waals surface area contributed by atoms with Gasteiger partial charge < -0.3 is 10.6 Å². The number of halogens is 1. The van der Waals surface area contributed by atoms with E-state index in [9.17, 15) is 4.39 Å². The molecule has 2 N–H and O–H groups in total. The van der Waals surface area contributed by atoms with Crippen LogP contribution in [0.5, 0.6) is 0 Å². The standard InChI is InChI=1S/C18H25FN4/c1-3-21-18(23-16-6-4-5-13(2)9-16)22-12-15-8-7-14(11-20)10-17(15)19/h7-8,10,13,16H,3-6,9,12H2,1-2H3,(H2,21,22,23). The predicted molar refractivity (Wildman–Crippen MR) is 90.5 cm³/mol. The minimum atomic E-state index is -0.380. The van der Waals surface area contributed by atoms with E-state index < -0.39 is 0 Å². The average molecular weight is 316 g/mol. The second-order valence-electron chi connectivity index (χ2n) is 6.23. The van der Waals surface area contributed by atoms with Crippen molar-refractivity contribution in [2.45, 2.75) is 52.1 Å². The molecule has 0 heterocycles. The lowest BCUT2D eigenvalue weighted by atomic mass is 9.87. The van der Waals surface area contributed by atoms with E-state index in [0.29, 0.717) is 17.2 Å². The molecule has 1 aliphatic rings. The fraction of sp³-hybridized carbons (Fsp3) is 0.556. The highest BCUT2D eigenvalue weighted by atomic mass is 19.1. The maximum Gasteiger partial charge on any atom is 0.191 e. The third-order valence-corrected chi connectivity index (χ3v) is 4.21. The zero-order valence-electron chi connectivity index (χ0n) is 13.9. The normalized spacial score (nSPS) is 21.6. The zero-order chi connectivity index (χ0) is 16.7. The van der Waals surface area contributed by atoms with Crippen LogP contribution in [0.15, 0.2) is 23.2 Å². The summed E-state index contributed by atoms with van der Waals surface area (Å²) >= 11 is 0. The smallest absolute Gasteiger partial charge is 0.191 e. The molecule has 0 aliphatic heterocycles. The van der Waals surface area contributed by atoms with Crippen molar-refractivity contribution in [3.05, 3.63) is 35.1 Å². The highest BCUT2D eigenvalue weighted by Gasteiger charge is 2.19. The van der Waals surface area contributed by atoms with E-state index in [0.717, 1.165) is 31.3 Å². The molecular weight excluding hydrogens is 291 g/mol. The van der Waals surface area contributed by atoms with Gasteiger partial charge in [0.2, 0.25) is 0 Å². The molecule has 1 fully saturated rings. The van der Waals surface area contributed by atoms with Gasteiger partial charge in [0.25, 0.3) is 0 Å². The molecule has 23 heavy (non-hydrogen) atoms. The molecule has 0 aromatic heterocycles. The number of nitriles is 1. The van der Waals surface area contributed by atoms with Crippen LogP contribution in [0, 0.1) is 23.1 Å². The van der Waals surface area contributed by atoms with Crippen molar-refractivity contribution in [2.75, 3.05) is 6.54 Å². The van der Waals surface area contributed by atoms with Crippen molar-refractivity contribution in [3.63, 3.8) is 0 Å². The maximum atomic E-state index is 13.9. The van der Waals surface area contributed by atoms with Gasteiger partial charge in [-0.2, -0.15) is 5.26 Å². The van der Waals surface area contributed by atoms with Crippen LogP contribution in [0.25, 0.3) is 0 Å². The van der Waals surface area contributed by atoms with E-state index in [1.165, 1.54) is 18.9 Å². The second kappa shape index (κ2) is 8.52. The topological polar surface area (TPSA) is 60.2 Å². The van der Waals surface area contributed by atoms with Crippen LogP contribution >= 0.6 is 0 Å². The minimum absolute atomic E-state index is 0.259. The van der Waals surface area contributed by atoms with Crippen LogP contribution in [0.3, 0.4) is 0 Å². The maximum absolute atomic E-state index is 13.9. The Morgan fingerprint density at radius 3 is 2.91 bits per heavy atom. The predicted octanol–water partition coefficient (Wildman–Crippen LogP) is 3.33. The van der Waals surface area contributed by atoms with Crippen molar-refractivity contribution in [1.29, 1.82) is 5.26 Å². The first-order valence-corrected chi connectivity index (χ1v) is 8.35. The molecule has 1 aromatic rings. The summed E-state index contributed by atoms with van der Waals surface area (Å²) in [7, 11) is 0. The SMILES string of the molecule is CCNC(=NCc1ccc(C#N)cc1F)NC1CCCC(C)C1. The lowest BCUT2D eigenvalue weighted by molar-refractivity contribution is 0.324. The first-order chi connectivity index (χ1) is 11.1. The first-order valence-electron chi connectivity index (χ1n) is 8.35. The summed E-state index contributed by atoms with van der Waals surface area (Å²) in [6, 6.07) is 6.88. The molecule has 1 saturated carbocycles. The van der Waals surface area contributed by atoms with Gasteiger partial charge in [-0.1, -0.05) is 25.8 Å². The Balaban J connectivity index is 2.02. The number of aliphatic imine (C=N–C) groups is 1. The fourth-order valence-electron chi connectivity index (χ4n) is 2.99. The van der Waals surface area contributed by atoms with Crippen molar-refractivity contribution in [3.8, 4) is 6.07 Å². The van der Waals surface area contributed by atoms with Gasteiger partial charge >= 0.3 is 0 Å². The minimum Gasteiger partial charge on any atom is -0.357 e. The van der Waals surface area contributed by atoms with Gasteiger partial charge in [0.05, 0.1) is 18.2 Å². The fourth-order valence-corrected chi connectivity index (χ4v) is 2.99. The molecule has 4 nitrogen and oxygen atoms in total. The van der Waals surface area contributed by atoms with Crippen LogP contribution in [-0.2, 0) is 6.54 Å². The summed E-state index contributed by atoms with van der Waals surface area (Å²) in [5, 5.41) is 15.5. The largest absolute Gasteiger partial charge is 0.357 e. The van der Waals surface area contributed by atoms with Crippen LogP contribution in [0.2, 0.25) is 0 Å². The van der Waals surface area contributed by atoms with Crippen molar-refractivity contribution < 1.29 is 4.39 Å². The van der Waals surface area contributed by atoms with Crippen LogP contribution < -0.4 is 10.6 Å². The third kappa shape index (κ3) is 5.24. The van der Waals surface area contributed by atoms with Gasteiger partial charge in [-0.15, -0.1) is 0 Å². The second-order valence-corrected chi connectivity index (χ2v) is 6.23. The molecule has 0 bridgehead atoms. The summed E-state index contributed by atoms with van der Waals surface area (Å²) in [5.74, 6) is 1.09. The van der Waals surface area contributed by atoms with Crippen molar-refractivity contribution in [1.82, 2.24) is 10.6 Å². The van der Waals surface area contributed by atoms with Crippen LogP contribution in [0.1, 0.15) is 50.7 Å². The Labute approximate surface area is 137 Å². The molecule has 5 heteroatoms. The Hall–Kier alpha value is -2.09. The molecule has 0 radical (unpaired) electrons. The molecule has 0 amide bonds. The van der Waals surface area contributed by atoms with E-state index in [2.05, 4.69) is 22.5 Å². The molecule has 2 unspecified atom stereocenters. The Bertz CT molecular complexity index is 591. The van der Waals surface area contributed by atoms with Gasteiger partial charge in [0.1, 0.15) is 5.82 Å². The molecule has 2 rings (SSSR count). The first kappa shape index (κ1) is 17.3. The highest BCUT2D eigenvalue weighted by molar-refractivity contribution is 5.80. The summed E-state index contributed by atoms with van der Waals surface area (Å²) < 4.78 is 13.9. The van der Waals surface area contributed by atoms with Crippen LogP contribution in [0.4, 0.5) is 4.39 Å². The summed E-state index contributed by atoms with van der Waals surface area (Å²) in [6.07, 6.45) is 4.83. The molecule has 1 aromatic carbocycles. The van der Waals surface area contributed by atoms with E-state index in [-0.39, 0.29) is 12.4 Å². The quantitative estimate of drug-likeness (QED) is 0.661. The number of hydrogen-bond donors (Lipinski definition) is 2. The molecule has 1 aliphatic carbocycles.